The average molecular weight is 357 g/mol. The zero-order chi connectivity index (χ0) is 18.8. The van der Waals surface area contributed by atoms with Crippen LogP contribution in [0.2, 0.25) is 0 Å². The largest absolute Gasteiger partial charge is 0.325 e. The molecular weight excluding hydrogens is 338 g/mol. The number of aromatic nitrogens is 1. The van der Waals surface area contributed by atoms with Crippen molar-refractivity contribution >= 4 is 23.5 Å². The van der Waals surface area contributed by atoms with Gasteiger partial charge in [0.1, 0.15) is 12.2 Å². The van der Waals surface area contributed by atoms with E-state index in [-0.39, 0.29) is 24.0 Å². The number of ketones is 1. The van der Waals surface area contributed by atoms with Crippen molar-refractivity contribution in [2.45, 2.75) is 32.1 Å². The first-order valence-electron chi connectivity index (χ1n) is 9.13. The Bertz CT molecular complexity index is 980. The van der Waals surface area contributed by atoms with Gasteiger partial charge in [-0.3, -0.25) is 14.6 Å². The minimum atomic E-state index is -0.320. The van der Waals surface area contributed by atoms with E-state index in [1.807, 2.05) is 36.4 Å². The maximum Gasteiger partial charge on any atom is 0.238 e. The van der Waals surface area contributed by atoms with Crippen molar-refractivity contribution in [3.63, 3.8) is 0 Å². The van der Waals surface area contributed by atoms with Gasteiger partial charge in [0.15, 0.2) is 0 Å². The molecule has 0 atom stereocenters. The molecule has 1 aromatic heterocycles. The third-order valence-electron chi connectivity index (χ3n) is 4.89. The number of nitrogens with one attached hydrogen (secondary N) is 1. The number of rotatable bonds is 6. The Kier molecular flexibility index (Phi) is 4.55. The Morgan fingerprint density at radius 2 is 2.00 bits per heavy atom. The summed E-state index contributed by atoms with van der Waals surface area (Å²) in [6.45, 7) is 0. The molecule has 5 heteroatoms. The molecule has 0 unspecified atom stereocenters. The first kappa shape index (κ1) is 17.2. The summed E-state index contributed by atoms with van der Waals surface area (Å²) in [5.74, 6) is 0.201. The second kappa shape index (κ2) is 7.16. The molecule has 1 amide bonds. The van der Waals surface area contributed by atoms with Crippen LogP contribution in [0.1, 0.15) is 36.2 Å². The van der Waals surface area contributed by atoms with Crippen molar-refractivity contribution in [3.8, 4) is 17.2 Å². The van der Waals surface area contributed by atoms with Crippen molar-refractivity contribution in [2.24, 2.45) is 5.92 Å². The van der Waals surface area contributed by atoms with Gasteiger partial charge in [-0.15, -0.1) is 0 Å². The zero-order valence-corrected chi connectivity index (χ0v) is 14.9. The predicted octanol–water partition coefficient (Wildman–Crippen LogP) is 3.69. The van der Waals surface area contributed by atoms with Gasteiger partial charge in [-0.25, -0.2) is 0 Å². The first-order valence-corrected chi connectivity index (χ1v) is 9.13. The summed E-state index contributed by atoms with van der Waals surface area (Å²) in [5, 5.41) is 11.3. The van der Waals surface area contributed by atoms with Crippen LogP contribution in [0.15, 0.2) is 36.4 Å². The average Bonchev–Trinajstić information content (AvgIpc) is 3.40. The summed E-state index contributed by atoms with van der Waals surface area (Å²) < 4.78 is 0. The lowest BCUT2D eigenvalue weighted by Crippen LogP contribution is -2.10. The van der Waals surface area contributed by atoms with E-state index in [1.165, 1.54) is 0 Å². The smallest absolute Gasteiger partial charge is 0.238 e. The zero-order valence-electron chi connectivity index (χ0n) is 14.9. The monoisotopic (exact) mass is 357 g/mol. The molecule has 1 aromatic carbocycles. The van der Waals surface area contributed by atoms with E-state index in [4.69, 9.17) is 10.2 Å². The van der Waals surface area contributed by atoms with E-state index < -0.39 is 0 Å². The van der Waals surface area contributed by atoms with Gasteiger partial charge in [0, 0.05) is 35.7 Å². The summed E-state index contributed by atoms with van der Waals surface area (Å²) in [6, 6.07) is 11.4. The van der Waals surface area contributed by atoms with E-state index in [0.717, 1.165) is 47.3 Å². The van der Waals surface area contributed by atoms with Gasteiger partial charge in [0.05, 0.1) is 11.8 Å². The predicted molar refractivity (Wildman–Crippen MR) is 103 cm³/mol. The lowest BCUT2D eigenvalue weighted by atomic mass is 9.97. The van der Waals surface area contributed by atoms with Crippen LogP contribution in [-0.2, 0) is 22.4 Å². The fourth-order valence-electron chi connectivity index (χ4n) is 3.36. The first-order chi connectivity index (χ1) is 13.1. The van der Waals surface area contributed by atoms with Crippen molar-refractivity contribution in [1.29, 1.82) is 5.26 Å². The second-order valence-electron chi connectivity index (χ2n) is 7.01. The molecule has 4 rings (SSSR count). The van der Waals surface area contributed by atoms with Gasteiger partial charge in [-0.05, 0) is 42.2 Å². The summed E-state index contributed by atoms with van der Waals surface area (Å²) in [6.07, 6.45) is 7.21. The molecule has 1 heterocycles. The van der Waals surface area contributed by atoms with Gasteiger partial charge < -0.3 is 5.32 Å². The van der Waals surface area contributed by atoms with E-state index in [2.05, 4.69) is 17.5 Å². The number of Topliss-reactive ketones (excluding diaryl/α,β-unsaturated/α-hetero) is 1. The summed E-state index contributed by atoms with van der Waals surface area (Å²) in [5.41, 5.74) is 5.66. The van der Waals surface area contributed by atoms with Gasteiger partial charge in [-0.1, -0.05) is 24.3 Å². The van der Waals surface area contributed by atoms with Gasteiger partial charge in [0.2, 0.25) is 5.91 Å². The Balaban J connectivity index is 1.61. The molecule has 134 valence electrons. The van der Waals surface area contributed by atoms with Crippen LogP contribution < -0.4 is 5.32 Å². The normalized spacial score (nSPS) is 14.5. The summed E-state index contributed by atoms with van der Waals surface area (Å²) in [7, 11) is 0. The van der Waals surface area contributed by atoms with E-state index >= 15 is 0 Å². The molecule has 0 spiro atoms. The van der Waals surface area contributed by atoms with Crippen LogP contribution in [0, 0.1) is 17.2 Å². The quantitative estimate of drug-likeness (QED) is 0.855. The number of allylic oxidation sites excluding steroid dienone is 1. The van der Waals surface area contributed by atoms with Crippen LogP contribution in [0.4, 0.5) is 5.69 Å². The number of nitriles is 1. The van der Waals surface area contributed by atoms with E-state index in [1.54, 1.807) is 0 Å². The molecule has 0 saturated heterocycles. The Hall–Kier alpha value is -3.26. The molecule has 1 fully saturated rings. The Morgan fingerprint density at radius 3 is 2.70 bits per heavy atom. The number of anilines is 1. The molecule has 27 heavy (non-hydrogen) atoms. The summed E-state index contributed by atoms with van der Waals surface area (Å²) >= 11 is 0. The highest BCUT2D eigenvalue weighted by atomic mass is 16.1. The van der Waals surface area contributed by atoms with Crippen molar-refractivity contribution in [2.75, 3.05) is 5.32 Å². The summed E-state index contributed by atoms with van der Waals surface area (Å²) in [4.78, 5) is 28.4. The third kappa shape index (κ3) is 3.80. The van der Waals surface area contributed by atoms with Gasteiger partial charge in [-0.2, -0.15) is 5.26 Å². The molecule has 0 aliphatic heterocycles. The van der Waals surface area contributed by atoms with Gasteiger partial charge in [0.25, 0.3) is 0 Å². The standard InChI is InChI=1S/C22H19N3O2/c23-11-10-22(27)25-16-8-6-14(7-9-16)19-12-17(13-21(26)15-4-5-15)24-20-3-1-2-18(19)20/h1-2,6-9,12,15H,3-5,10,13H2,(H,25,27). The van der Waals surface area contributed by atoms with E-state index in [9.17, 15) is 9.59 Å². The lowest BCUT2D eigenvalue weighted by Gasteiger charge is -2.12. The maximum absolute atomic E-state index is 12.2. The molecule has 2 aliphatic carbocycles. The molecule has 2 aliphatic rings. The second-order valence-corrected chi connectivity index (χ2v) is 7.01. The van der Waals surface area contributed by atoms with Gasteiger partial charge >= 0.3 is 0 Å². The molecule has 5 nitrogen and oxygen atoms in total. The van der Waals surface area contributed by atoms with Crippen LogP contribution in [0.25, 0.3) is 17.2 Å². The van der Waals surface area contributed by atoms with Crippen LogP contribution in [-0.4, -0.2) is 16.7 Å². The number of carbonyl (C=O) groups excluding carboxylic acids is 2. The number of carbonyl (C=O) groups is 2. The number of hydrogen-bond donors (Lipinski definition) is 1. The highest BCUT2D eigenvalue weighted by molar-refractivity contribution is 5.92. The lowest BCUT2D eigenvalue weighted by molar-refractivity contribution is -0.119. The maximum atomic E-state index is 12.2. The number of fused-ring (bicyclic) bond motifs is 1. The Labute approximate surface area is 157 Å². The fraction of sp³-hybridized carbons (Fsp3) is 0.273. The topological polar surface area (TPSA) is 82.9 Å². The molecule has 0 bridgehead atoms. The minimum absolute atomic E-state index is 0.164. The molecular formula is C22H19N3O2. The highest BCUT2D eigenvalue weighted by Gasteiger charge is 2.29. The fourth-order valence-corrected chi connectivity index (χ4v) is 3.36. The minimum Gasteiger partial charge on any atom is -0.325 e. The van der Waals surface area contributed by atoms with Crippen molar-refractivity contribution < 1.29 is 9.59 Å². The van der Waals surface area contributed by atoms with Crippen molar-refractivity contribution in [1.82, 2.24) is 4.98 Å². The SMILES string of the molecule is N#CCC(=O)Nc1ccc(-c2cc(CC(=O)C3CC3)nc3c2C=CC3)cc1. The number of benzene rings is 1. The Morgan fingerprint density at radius 1 is 1.22 bits per heavy atom. The third-order valence-corrected chi connectivity index (χ3v) is 4.89. The number of hydrogen-bond acceptors (Lipinski definition) is 4. The molecule has 1 N–H and O–H groups in total. The number of pyridine rings is 1. The van der Waals surface area contributed by atoms with Crippen LogP contribution in [0.5, 0.6) is 0 Å². The number of amides is 1. The number of nitrogens with zero attached hydrogens (tertiary/aromatic N) is 2. The molecule has 0 radical (unpaired) electrons. The van der Waals surface area contributed by atoms with Crippen LogP contribution >= 0.6 is 0 Å². The van der Waals surface area contributed by atoms with E-state index in [0.29, 0.717) is 12.1 Å². The van der Waals surface area contributed by atoms with Crippen LogP contribution in [0.3, 0.4) is 0 Å². The van der Waals surface area contributed by atoms with Crippen molar-refractivity contribution in [3.05, 3.63) is 53.4 Å². The molecule has 1 saturated carbocycles. The molecule has 2 aromatic rings. The highest BCUT2D eigenvalue weighted by Crippen LogP contribution is 2.34.